The van der Waals surface area contributed by atoms with Crippen molar-refractivity contribution in [1.82, 2.24) is 4.57 Å². The van der Waals surface area contributed by atoms with Gasteiger partial charge in [-0.2, -0.15) is 0 Å². The van der Waals surface area contributed by atoms with Crippen LogP contribution in [0.15, 0.2) is 36.5 Å². The van der Waals surface area contributed by atoms with Gasteiger partial charge in [-0.3, -0.25) is 4.79 Å². The average molecular weight is 280 g/mol. The number of benzene rings is 1. The minimum Gasteiger partial charge on any atom is -0.477 e. The number of hydrogen-bond acceptors (Lipinski definition) is 2. The van der Waals surface area contributed by atoms with Gasteiger partial charge in [0, 0.05) is 18.0 Å². The number of carboxylic acids is 1. The maximum Gasteiger partial charge on any atom is 0.352 e. The molecule has 0 bridgehead atoms. The molecule has 5 nitrogen and oxygen atoms in total. The zero-order valence-electron chi connectivity index (χ0n) is 10.1. The summed E-state index contributed by atoms with van der Waals surface area (Å²) in [6, 6.07) is 5.80. The standard InChI is InChI=1S/C13H10F2N2O3/c14-9-4-3-8(6-10(9)15)16-12(18)7-17-5-1-2-11(17)13(19)20/h1-6H,7H2,(H,16,18)(H,19,20). The first-order chi connectivity index (χ1) is 9.47. The van der Waals surface area contributed by atoms with Gasteiger partial charge in [-0.25, -0.2) is 13.6 Å². The predicted molar refractivity (Wildman–Crippen MR) is 66.4 cm³/mol. The zero-order valence-corrected chi connectivity index (χ0v) is 10.1. The molecule has 0 aliphatic rings. The first kappa shape index (κ1) is 13.7. The van der Waals surface area contributed by atoms with Crippen molar-refractivity contribution in [2.75, 3.05) is 5.32 Å². The lowest BCUT2D eigenvalue weighted by atomic mass is 10.3. The molecule has 104 valence electrons. The Bertz CT molecular complexity index is 667. The van der Waals surface area contributed by atoms with Gasteiger partial charge in [-0.1, -0.05) is 0 Å². The van der Waals surface area contributed by atoms with Crippen LogP contribution < -0.4 is 5.32 Å². The second-order valence-electron chi connectivity index (χ2n) is 4.00. The highest BCUT2D eigenvalue weighted by Crippen LogP contribution is 2.13. The van der Waals surface area contributed by atoms with Crippen LogP contribution in [-0.2, 0) is 11.3 Å². The maximum atomic E-state index is 13.0. The number of amides is 1. The van der Waals surface area contributed by atoms with Gasteiger partial charge in [0.2, 0.25) is 5.91 Å². The molecule has 0 aliphatic heterocycles. The normalized spacial score (nSPS) is 10.3. The molecule has 0 fully saturated rings. The molecule has 0 radical (unpaired) electrons. The van der Waals surface area contributed by atoms with E-state index in [0.717, 1.165) is 12.1 Å². The molecule has 1 amide bonds. The highest BCUT2D eigenvalue weighted by Gasteiger charge is 2.12. The molecule has 0 unspecified atom stereocenters. The third-order valence-corrected chi connectivity index (χ3v) is 2.57. The monoisotopic (exact) mass is 280 g/mol. The van der Waals surface area contributed by atoms with Crippen molar-refractivity contribution in [1.29, 1.82) is 0 Å². The fraction of sp³-hybridized carbons (Fsp3) is 0.0769. The molecule has 1 heterocycles. The molecule has 0 saturated heterocycles. The van der Waals surface area contributed by atoms with Crippen LogP contribution in [0.1, 0.15) is 10.5 Å². The quantitative estimate of drug-likeness (QED) is 0.901. The van der Waals surface area contributed by atoms with E-state index in [1.165, 1.54) is 29.0 Å². The molecule has 0 saturated carbocycles. The van der Waals surface area contributed by atoms with Crippen molar-refractivity contribution in [3.8, 4) is 0 Å². The molecule has 1 aromatic heterocycles. The van der Waals surface area contributed by atoms with E-state index in [9.17, 15) is 18.4 Å². The van der Waals surface area contributed by atoms with E-state index in [2.05, 4.69) is 5.32 Å². The Kier molecular flexibility index (Phi) is 3.79. The smallest absolute Gasteiger partial charge is 0.352 e. The zero-order chi connectivity index (χ0) is 14.7. The van der Waals surface area contributed by atoms with Crippen LogP contribution >= 0.6 is 0 Å². The number of nitrogens with one attached hydrogen (secondary N) is 1. The summed E-state index contributed by atoms with van der Waals surface area (Å²) in [7, 11) is 0. The largest absolute Gasteiger partial charge is 0.477 e. The van der Waals surface area contributed by atoms with Gasteiger partial charge < -0.3 is 15.0 Å². The second-order valence-corrected chi connectivity index (χ2v) is 4.00. The molecule has 2 aromatic rings. The molecular formula is C13H10F2N2O3. The number of carbonyl (C=O) groups is 2. The number of nitrogens with zero attached hydrogens (tertiary/aromatic N) is 1. The van der Waals surface area contributed by atoms with Crippen LogP contribution in [0.4, 0.5) is 14.5 Å². The number of carbonyl (C=O) groups excluding carboxylic acids is 1. The Morgan fingerprint density at radius 2 is 1.95 bits per heavy atom. The number of rotatable bonds is 4. The van der Waals surface area contributed by atoms with Gasteiger partial charge in [-0.15, -0.1) is 0 Å². The van der Waals surface area contributed by atoms with Crippen LogP contribution in [0.2, 0.25) is 0 Å². The predicted octanol–water partition coefficient (Wildman–Crippen LogP) is 2.10. The summed E-state index contributed by atoms with van der Waals surface area (Å²) < 4.78 is 26.9. The molecule has 20 heavy (non-hydrogen) atoms. The van der Waals surface area contributed by atoms with Crippen molar-refractivity contribution in [2.45, 2.75) is 6.54 Å². The van der Waals surface area contributed by atoms with E-state index in [4.69, 9.17) is 5.11 Å². The van der Waals surface area contributed by atoms with Crippen molar-refractivity contribution >= 4 is 17.6 Å². The topological polar surface area (TPSA) is 71.3 Å². The molecule has 0 aliphatic carbocycles. The lowest BCUT2D eigenvalue weighted by molar-refractivity contribution is -0.116. The third-order valence-electron chi connectivity index (χ3n) is 2.57. The number of carboxylic acid groups (broad SMARTS) is 1. The van der Waals surface area contributed by atoms with Gasteiger partial charge >= 0.3 is 5.97 Å². The average Bonchev–Trinajstić information content (AvgIpc) is 2.82. The van der Waals surface area contributed by atoms with Crippen molar-refractivity contribution in [3.05, 3.63) is 53.9 Å². The van der Waals surface area contributed by atoms with E-state index < -0.39 is 23.5 Å². The molecule has 0 atom stereocenters. The van der Waals surface area contributed by atoms with Crippen LogP contribution in [-0.4, -0.2) is 21.6 Å². The van der Waals surface area contributed by atoms with Crippen molar-refractivity contribution in [3.63, 3.8) is 0 Å². The van der Waals surface area contributed by atoms with Crippen molar-refractivity contribution in [2.24, 2.45) is 0 Å². The number of aromatic nitrogens is 1. The van der Waals surface area contributed by atoms with E-state index >= 15 is 0 Å². The summed E-state index contributed by atoms with van der Waals surface area (Å²) in [5.74, 6) is -3.79. The van der Waals surface area contributed by atoms with Gasteiger partial charge in [0.05, 0.1) is 0 Å². The second kappa shape index (κ2) is 5.52. The van der Waals surface area contributed by atoms with Crippen LogP contribution in [0.3, 0.4) is 0 Å². The van der Waals surface area contributed by atoms with E-state index in [0.29, 0.717) is 0 Å². The minimum absolute atomic E-state index is 0.0366. The fourth-order valence-electron chi connectivity index (χ4n) is 1.68. The Labute approximate surface area is 112 Å². The highest BCUT2D eigenvalue weighted by atomic mass is 19.2. The maximum absolute atomic E-state index is 13.0. The number of halogens is 2. The fourth-order valence-corrected chi connectivity index (χ4v) is 1.68. The summed E-state index contributed by atoms with van der Waals surface area (Å²) >= 11 is 0. The van der Waals surface area contributed by atoms with Gasteiger partial charge in [0.25, 0.3) is 0 Å². The van der Waals surface area contributed by atoms with E-state index in [1.54, 1.807) is 0 Å². The third kappa shape index (κ3) is 3.00. The number of hydrogen-bond donors (Lipinski definition) is 2. The van der Waals surface area contributed by atoms with Gasteiger partial charge in [-0.05, 0) is 24.3 Å². The lowest BCUT2D eigenvalue weighted by Gasteiger charge is -2.08. The summed E-state index contributed by atoms with van der Waals surface area (Å²) in [6.45, 7) is -0.242. The van der Waals surface area contributed by atoms with Crippen LogP contribution in [0.25, 0.3) is 0 Å². The Hall–Kier alpha value is -2.70. The molecule has 7 heteroatoms. The van der Waals surface area contributed by atoms with Crippen LogP contribution in [0.5, 0.6) is 0 Å². The summed E-state index contributed by atoms with van der Waals surface area (Å²) in [5, 5.41) is 11.2. The Morgan fingerprint density at radius 3 is 2.60 bits per heavy atom. The molecule has 2 N–H and O–H groups in total. The highest BCUT2D eigenvalue weighted by molar-refractivity contribution is 5.92. The van der Waals surface area contributed by atoms with Gasteiger partial charge in [0.15, 0.2) is 11.6 Å². The summed E-state index contributed by atoms with van der Waals surface area (Å²) in [6.07, 6.45) is 1.44. The Morgan fingerprint density at radius 1 is 1.20 bits per heavy atom. The van der Waals surface area contributed by atoms with Crippen molar-refractivity contribution < 1.29 is 23.5 Å². The van der Waals surface area contributed by atoms with E-state index in [1.807, 2.05) is 0 Å². The van der Waals surface area contributed by atoms with Crippen LogP contribution in [0, 0.1) is 11.6 Å². The molecule has 1 aromatic carbocycles. The minimum atomic E-state index is -1.16. The molecular weight excluding hydrogens is 270 g/mol. The Balaban J connectivity index is 2.07. The SMILES string of the molecule is O=C(Cn1cccc1C(=O)O)Nc1ccc(F)c(F)c1. The first-order valence-corrected chi connectivity index (χ1v) is 5.60. The summed E-state index contributed by atoms with van der Waals surface area (Å²) in [5.41, 5.74) is 0.0587. The first-order valence-electron chi connectivity index (χ1n) is 5.60. The number of anilines is 1. The summed E-state index contributed by atoms with van der Waals surface area (Å²) in [4.78, 5) is 22.6. The number of aromatic carboxylic acids is 1. The molecule has 0 spiro atoms. The van der Waals surface area contributed by atoms with Gasteiger partial charge in [0.1, 0.15) is 12.2 Å². The molecule has 2 rings (SSSR count). The lowest BCUT2D eigenvalue weighted by Crippen LogP contribution is -2.20. The van der Waals surface area contributed by atoms with E-state index in [-0.39, 0.29) is 17.9 Å².